The predicted octanol–water partition coefficient (Wildman–Crippen LogP) is 2.76. The first kappa shape index (κ1) is 24.7. The molecule has 0 saturated heterocycles. The molecule has 7 heteroatoms. The number of hydrogen-bond acceptors (Lipinski definition) is 5. The van der Waals surface area contributed by atoms with Crippen LogP contribution >= 0.6 is 0 Å². The summed E-state index contributed by atoms with van der Waals surface area (Å²) in [4.78, 5) is 28.5. The summed E-state index contributed by atoms with van der Waals surface area (Å²) in [5.41, 5.74) is 1.35. The lowest BCUT2D eigenvalue weighted by atomic mass is 9.77. The van der Waals surface area contributed by atoms with Crippen molar-refractivity contribution in [2.24, 2.45) is 11.8 Å². The Hall–Kier alpha value is -2.38. The SMILES string of the molecule is CC(C)CCN(C(=O)CC1CCCC1)C1C=C(C(=O)NCCO)C2c3ccccc3OC2C1O. The van der Waals surface area contributed by atoms with Gasteiger partial charge in [-0.1, -0.05) is 44.9 Å². The number of rotatable bonds is 9. The van der Waals surface area contributed by atoms with Gasteiger partial charge in [0.05, 0.1) is 18.6 Å². The molecule has 4 unspecified atom stereocenters. The Morgan fingerprint density at radius 2 is 1.94 bits per heavy atom. The van der Waals surface area contributed by atoms with Crippen molar-refractivity contribution in [2.45, 2.75) is 76.5 Å². The van der Waals surface area contributed by atoms with Crippen LogP contribution in [0, 0.1) is 11.8 Å². The Bertz CT molecular complexity index is 908. The summed E-state index contributed by atoms with van der Waals surface area (Å²) >= 11 is 0. The highest BCUT2D eigenvalue weighted by Crippen LogP contribution is 2.47. The number of aliphatic hydroxyl groups excluding tert-OH is 2. The summed E-state index contributed by atoms with van der Waals surface area (Å²) in [5.74, 6) is 0.775. The summed E-state index contributed by atoms with van der Waals surface area (Å²) in [6.45, 7) is 4.74. The Balaban J connectivity index is 1.68. The third kappa shape index (κ3) is 5.15. The standard InChI is InChI=1S/C27H38N2O5/c1-17(2)11-13-29(23(31)15-18-7-3-4-8-18)21-16-20(27(33)28-12-14-30)24-19-9-5-6-10-22(19)34-26(24)25(21)32/h5-6,9-10,16-18,21,24-26,30,32H,3-4,7-8,11-15H2,1-2H3,(H,28,33). The first-order valence-corrected chi connectivity index (χ1v) is 12.7. The number of benzene rings is 1. The van der Waals surface area contributed by atoms with Crippen molar-refractivity contribution < 1.29 is 24.5 Å². The zero-order chi connectivity index (χ0) is 24.2. The Morgan fingerprint density at radius 1 is 1.21 bits per heavy atom. The first-order valence-electron chi connectivity index (χ1n) is 12.7. The van der Waals surface area contributed by atoms with E-state index < -0.39 is 24.2 Å². The van der Waals surface area contributed by atoms with Crippen LogP contribution < -0.4 is 10.1 Å². The van der Waals surface area contributed by atoms with Crippen molar-refractivity contribution >= 4 is 11.8 Å². The molecule has 4 atom stereocenters. The summed E-state index contributed by atoms with van der Waals surface area (Å²) < 4.78 is 6.17. The molecule has 1 heterocycles. The van der Waals surface area contributed by atoms with Gasteiger partial charge in [-0.2, -0.15) is 0 Å². The largest absolute Gasteiger partial charge is 0.486 e. The molecule has 1 aliphatic heterocycles. The molecule has 1 fully saturated rings. The second-order valence-electron chi connectivity index (χ2n) is 10.3. The number of nitrogens with one attached hydrogen (secondary N) is 1. The minimum absolute atomic E-state index is 0.0388. The smallest absolute Gasteiger partial charge is 0.247 e. The number of para-hydroxylation sites is 1. The van der Waals surface area contributed by atoms with Gasteiger partial charge in [0.25, 0.3) is 0 Å². The number of amides is 2. The Morgan fingerprint density at radius 3 is 2.65 bits per heavy atom. The lowest BCUT2D eigenvalue weighted by Gasteiger charge is -2.41. The molecule has 1 aromatic rings. The van der Waals surface area contributed by atoms with Gasteiger partial charge in [-0.3, -0.25) is 9.59 Å². The maximum absolute atomic E-state index is 13.5. The fourth-order valence-corrected chi connectivity index (χ4v) is 5.61. The molecule has 34 heavy (non-hydrogen) atoms. The van der Waals surface area contributed by atoms with Gasteiger partial charge in [-0.25, -0.2) is 0 Å². The van der Waals surface area contributed by atoms with E-state index in [1.54, 1.807) is 11.0 Å². The molecule has 4 rings (SSSR count). The molecular weight excluding hydrogens is 432 g/mol. The minimum atomic E-state index is -0.952. The number of carbonyl (C=O) groups is 2. The molecule has 1 saturated carbocycles. The van der Waals surface area contributed by atoms with Crippen molar-refractivity contribution in [3.63, 3.8) is 0 Å². The van der Waals surface area contributed by atoms with E-state index in [0.717, 1.165) is 24.8 Å². The molecular formula is C27H38N2O5. The molecule has 0 radical (unpaired) electrons. The molecule has 7 nitrogen and oxygen atoms in total. The zero-order valence-corrected chi connectivity index (χ0v) is 20.3. The summed E-state index contributed by atoms with van der Waals surface area (Å²) in [6, 6.07) is 6.89. The number of ether oxygens (including phenoxy) is 1. The van der Waals surface area contributed by atoms with Crippen LogP contribution in [0.4, 0.5) is 0 Å². The van der Waals surface area contributed by atoms with Gasteiger partial charge >= 0.3 is 0 Å². The van der Waals surface area contributed by atoms with Gasteiger partial charge in [-0.15, -0.1) is 0 Å². The topological polar surface area (TPSA) is 99.1 Å². The fourth-order valence-electron chi connectivity index (χ4n) is 5.61. The Labute approximate surface area is 202 Å². The summed E-state index contributed by atoms with van der Waals surface area (Å²) in [7, 11) is 0. The maximum atomic E-state index is 13.5. The van der Waals surface area contributed by atoms with Crippen molar-refractivity contribution in [1.29, 1.82) is 0 Å². The van der Waals surface area contributed by atoms with Crippen molar-refractivity contribution in [2.75, 3.05) is 19.7 Å². The van der Waals surface area contributed by atoms with Crippen LogP contribution in [0.15, 0.2) is 35.9 Å². The number of carbonyl (C=O) groups excluding carboxylic acids is 2. The van der Waals surface area contributed by atoms with Crippen LogP contribution in [0.25, 0.3) is 0 Å². The van der Waals surface area contributed by atoms with Crippen LogP contribution in [0.1, 0.15) is 63.9 Å². The maximum Gasteiger partial charge on any atom is 0.247 e. The van der Waals surface area contributed by atoms with Crippen molar-refractivity contribution in [3.8, 4) is 5.75 Å². The number of hydrogen-bond donors (Lipinski definition) is 3. The van der Waals surface area contributed by atoms with Gasteiger partial charge < -0.3 is 25.2 Å². The van der Waals surface area contributed by atoms with Gasteiger partial charge in [0.2, 0.25) is 11.8 Å². The quantitative estimate of drug-likeness (QED) is 0.516. The van der Waals surface area contributed by atoms with Crippen LogP contribution in [-0.4, -0.2) is 64.9 Å². The third-order valence-electron chi connectivity index (χ3n) is 7.44. The average molecular weight is 471 g/mol. The zero-order valence-electron chi connectivity index (χ0n) is 20.3. The van der Waals surface area contributed by atoms with E-state index in [2.05, 4.69) is 19.2 Å². The molecule has 2 amide bonds. The van der Waals surface area contributed by atoms with Crippen LogP contribution in [-0.2, 0) is 9.59 Å². The fraction of sp³-hybridized carbons (Fsp3) is 0.630. The first-order chi connectivity index (χ1) is 16.4. The molecule has 1 aromatic carbocycles. The van der Waals surface area contributed by atoms with Gasteiger partial charge in [0, 0.05) is 30.6 Å². The normalized spacial score (nSPS) is 26.0. The minimum Gasteiger partial charge on any atom is -0.486 e. The second-order valence-corrected chi connectivity index (χ2v) is 10.3. The molecule has 2 aliphatic carbocycles. The highest BCUT2D eigenvalue weighted by molar-refractivity contribution is 5.96. The van der Waals surface area contributed by atoms with E-state index in [4.69, 9.17) is 4.74 Å². The predicted molar refractivity (Wildman–Crippen MR) is 129 cm³/mol. The third-order valence-corrected chi connectivity index (χ3v) is 7.44. The number of nitrogens with zero attached hydrogens (tertiary/aromatic N) is 1. The second kappa shape index (κ2) is 10.9. The van der Waals surface area contributed by atoms with E-state index in [1.165, 1.54) is 12.8 Å². The molecule has 3 aliphatic rings. The summed E-state index contributed by atoms with van der Waals surface area (Å²) in [6.07, 6.45) is 5.95. The Kier molecular flexibility index (Phi) is 7.94. The highest BCUT2D eigenvalue weighted by Gasteiger charge is 2.50. The van der Waals surface area contributed by atoms with E-state index in [9.17, 15) is 19.8 Å². The van der Waals surface area contributed by atoms with E-state index in [1.807, 2.05) is 24.3 Å². The van der Waals surface area contributed by atoms with Crippen molar-refractivity contribution in [3.05, 3.63) is 41.5 Å². The molecule has 0 aromatic heterocycles. The van der Waals surface area contributed by atoms with Gasteiger partial charge in [0.1, 0.15) is 18.0 Å². The monoisotopic (exact) mass is 470 g/mol. The van der Waals surface area contributed by atoms with E-state index in [0.29, 0.717) is 36.1 Å². The van der Waals surface area contributed by atoms with Crippen molar-refractivity contribution in [1.82, 2.24) is 10.2 Å². The molecule has 0 bridgehead atoms. The molecule has 3 N–H and O–H groups in total. The average Bonchev–Trinajstić information content (AvgIpc) is 3.46. The van der Waals surface area contributed by atoms with Crippen LogP contribution in [0.5, 0.6) is 5.75 Å². The molecule has 0 spiro atoms. The number of fused-ring (bicyclic) bond motifs is 3. The summed E-state index contributed by atoms with van der Waals surface area (Å²) in [5, 5.41) is 23.5. The highest BCUT2D eigenvalue weighted by atomic mass is 16.5. The lowest BCUT2D eigenvalue weighted by Crippen LogP contribution is -2.56. The lowest BCUT2D eigenvalue weighted by molar-refractivity contribution is -0.138. The van der Waals surface area contributed by atoms with Crippen LogP contribution in [0.3, 0.4) is 0 Å². The molecule has 186 valence electrons. The van der Waals surface area contributed by atoms with Crippen LogP contribution in [0.2, 0.25) is 0 Å². The van der Waals surface area contributed by atoms with Gasteiger partial charge in [-0.05, 0) is 43.2 Å². The van der Waals surface area contributed by atoms with E-state index >= 15 is 0 Å². The number of aliphatic hydroxyl groups is 2. The van der Waals surface area contributed by atoms with Gasteiger partial charge in [0.15, 0.2) is 0 Å². The van der Waals surface area contributed by atoms with E-state index in [-0.39, 0.29) is 25.0 Å².